The molecular formula is C22H24N4O4S2. The average Bonchev–Trinajstić information content (AvgIpc) is 3.41. The van der Waals surface area contributed by atoms with Crippen LogP contribution in [0.25, 0.3) is 11.4 Å². The number of thioether (sulfide) groups is 1. The number of carbonyl (C=O) groups is 2. The number of nitrogens with one attached hydrogen (secondary N) is 1. The van der Waals surface area contributed by atoms with Gasteiger partial charge in [-0.1, -0.05) is 36.9 Å². The molecule has 10 heteroatoms. The van der Waals surface area contributed by atoms with Crippen molar-refractivity contribution in [2.75, 3.05) is 25.3 Å². The van der Waals surface area contributed by atoms with Crippen LogP contribution in [0.2, 0.25) is 0 Å². The summed E-state index contributed by atoms with van der Waals surface area (Å²) >= 11 is 2.62. The van der Waals surface area contributed by atoms with Gasteiger partial charge in [-0.2, -0.15) is 0 Å². The van der Waals surface area contributed by atoms with Crippen molar-refractivity contribution in [2.24, 2.45) is 0 Å². The number of methoxy groups -OCH3 is 2. The van der Waals surface area contributed by atoms with Crippen LogP contribution >= 0.6 is 23.1 Å². The number of rotatable bonds is 10. The van der Waals surface area contributed by atoms with E-state index < -0.39 is 5.97 Å². The molecule has 2 aromatic heterocycles. The molecule has 0 atom stereocenters. The quantitative estimate of drug-likeness (QED) is 0.267. The lowest BCUT2D eigenvalue weighted by Gasteiger charge is -2.10. The number of hydrogen-bond donors (Lipinski definition) is 1. The van der Waals surface area contributed by atoms with Crippen molar-refractivity contribution in [3.05, 3.63) is 53.4 Å². The molecule has 32 heavy (non-hydrogen) atoms. The molecule has 3 rings (SSSR count). The molecule has 2 heterocycles. The zero-order valence-corrected chi connectivity index (χ0v) is 19.7. The number of aryl methyl sites for hydroxylation is 1. The highest BCUT2D eigenvalue weighted by Crippen LogP contribution is 2.32. The van der Waals surface area contributed by atoms with E-state index in [0.29, 0.717) is 33.8 Å². The summed E-state index contributed by atoms with van der Waals surface area (Å²) in [6, 6.07) is 9.29. The number of para-hydroxylation sites is 1. The third-order valence-electron chi connectivity index (χ3n) is 4.50. The van der Waals surface area contributed by atoms with Crippen LogP contribution < -0.4 is 10.1 Å². The SMILES string of the molecule is C=CCn1c(SCC(=O)Nc2sc(CC)cc2C(=O)OC)nnc1-c1ccccc1OC. The summed E-state index contributed by atoms with van der Waals surface area (Å²) in [6.07, 6.45) is 2.50. The first-order valence-electron chi connectivity index (χ1n) is 9.83. The Bertz CT molecular complexity index is 1120. The summed E-state index contributed by atoms with van der Waals surface area (Å²) in [5.41, 5.74) is 1.16. The number of aromatic nitrogens is 3. The molecule has 1 aromatic carbocycles. The van der Waals surface area contributed by atoms with Gasteiger partial charge < -0.3 is 14.8 Å². The van der Waals surface area contributed by atoms with Gasteiger partial charge in [-0.3, -0.25) is 9.36 Å². The van der Waals surface area contributed by atoms with Gasteiger partial charge in [-0.05, 0) is 24.6 Å². The number of thiophene rings is 1. The molecule has 0 saturated heterocycles. The van der Waals surface area contributed by atoms with Crippen molar-refractivity contribution in [1.29, 1.82) is 0 Å². The van der Waals surface area contributed by atoms with Crippen molar-refractivity contribution in [2.45, 2.75) is 25.0 Å². The van der Waals surface area contributed by atoms with E-state index in [0.717, 1.165) is 16.9 Å². The number of allylic oxidation sites excluding steroid dienone is 1. The van der Waals surface area contributed by atoms with Crippen molar-refractivity contribution < 1.29 is 19.1 Å². The minimum atomic E-state index is -0.476. The topological polar surface area (TPSA) is 95.3 Å². The van der Waals surface area contributed by atoms with E-state index in [1.807, 2.05) is 35.8 Å². The van der Waals surface area contributed by atoms with Crippen LogP contribution in [-0.2, 0) is 22.5 Å². The molecule has 1 amide bonds. The molecule has 0 aliphatic rings. The van der Waals surface area contributed by atoms with Gasteiger partial charge in [0, 0.05) is 11.4 Å². The van der Waals surface area contributed by atoms with E-state index in [1.54, 1.807) is 19.3 Å². The smallest absolute Gasteiger partial charge is 0.340 e. The summed E-state index contributed by atoms with van der Waals surface area (Å²) in [6.45, 7) is 6.27. The summed E-state index contributed by atoms with van der Waals surface area (Å²) in [5.74, 6) is 0.678. The number of hydrogen-bond acceptors (Lipinski definition) is 8. The van der Waals surface area contributed by atoms with Gasteiger partial charge in [0.1, 0.15) is 10.8 Å². The summed E-state index contributed by atoms with van der Waals surface area (Å²) in [7, 11) is 2.92. The Morgan fingerprint density at radius 2 is 2.06 bits per heavy atom. The summed E-state index contributed by atoms with van der Waals surface area (Å²) in [4.78, 5) is 25.6. The molecule has 0 unspecified atom stereocenters. The van der Waals surface area contributed by atoms with Crippen LogP contribution in [0.4, 0.5) is 5.00 Å². The monoisotopic (exact) mass is 472 g/mol. The van der Waals surface area contributed by atoms with Gasteiger partial charge in [0.2, 0.25) is 5.91 Å². The van der Waals surface area contributed by atoms with Crippen LogP contribution in [0.1, 0.15) is 22.2 Å². The third kappa shape index (κ3) is 5.20. The molecule has 0 aliphatic heterocycles. The first-order chi connectivity index (χ1) is 15.5. The number of carbonyl (C=O) groups excluding carboxylic acids is 2. The normalized spacial score (nSPS) is 10.6. The van der Waals surface area contributed by atoms with Gasteiger partial charge in [0.15, 0.2) is 11.0 Å². The number of amides is 1. The zero-order chi connectivity index (χ0) is 23.1. The fraction of sp³-hybridized carbons (Fsp3) is 0.273. The number of anilines is 1. The lowest BCUT2D eigenvalue weighted by molar-refractivity contribution is -0.113. The largest absolute Gasteiger partial charge is 0.496 e. The second kappa shape index (κ2) is 11.0. The van der Waals surface area contributed by atoms with Gasteiger partial charge in [0.05, 0.1) is 31.1 Å². The van der Waals surface area contributed by atoms with E-state index >= 15 is 0 Å². The number of benzene rings is 1. The molecular weight excluding hydrogens is 448 g/mol. The predicted molar refractivity (Wildman–Crippen MR) is 127 cm³/mol. The fourth-order valence-corrected chi connectivity index (χ4v) is 4.73. The number of esters is 1. The zero-order valence-electron chi connectivity index (χ0n) is 18.1. The van der Waals surface area contributed by atoms with Crippen molar-refractivity contribution in [1.82, 2.24) is 14.8 Å². The highest BCUT2D eigenvalue weighted by Gasteiger charge is 2.20. The van der Waals surface area contributed by atoms with Crippen LogP contribution in [0.15, 0.2) is 48.1 Å². The van der Waals surface area contributed by atoms with Gasteiger partial charge >= 0.3 is 5.97 Å². The van der Waals surface area contributed by atoms with Gasteiger partial charge in [-0.15, -0.1) is 28.1 Å². The highest BCUT2D eigenvalue weighted by molar-refractivity contribution is 7.99. The van der Waals surface area contributed by atoms with E-state index in [-0.39, 0.29) is 11.7 Å². The van der Waals surface area contributed by atoms with E-state index in [4.69, 9.17) is 9.47 Å². The molecule has 0 saturated carbocycles. The molecule has 1 N–H and O–H groups in total. The number of ether oxygens (including phenoxy) is 2. The molecule has 0 spiro atoms. The molecule has 0 bridgehead atoms. The summed E-state index contributed by atoms with van der Waals surface area (Å²) in [5, 5.41) is 12.5. The predicted octanol–water partition coefficient (Wildman–Crippen LogP) is 4.28. The van der Waals surface area contributed by atoms with E-state index in [2.05, 4.69) is 22.1 Å². The summed E-state index contributed by atoms with van der Waals surface area (Å²) < 4.78 is 12.1. The van der Waals surface area contributed by atoms with Crippen LogP contribution in [0.5, 0.6) is 5.75 Å². The van der Waals surface area contributed by atoms with Crippen molar-refractivity contribution >= 4 is 40.0 Å². The lowest BCUT2D eigenvalue weighted by atomic mass is 10.2. The van der Waals surface area contributed by atoms with E-state index in [1.165, 1.54) is 30.2 Å². The van der Waals surface area contributed by atoms with Crippen LogP contribution in [-0.4, -0.2) is 46.6 Å². The standard InChI is InChI=1S/C22H24N4O4S2/c1-5-11-26-19(15-9-7-8-10-17(15)29-3)24-25-22(26)31-13-18(27)23-20-16(21(28)30-4)12-14(6-2)32-20/h5,7-10,12H,1,6,11,13H2,2-4H3,(H,23,27). The second-order valence-corrected chi connectivity index (χ2v) is 8.62. The Morgan fingerprint density at radius 3 is 2.75 bits per heavy atom. The van der Waals surface area contributed by atoms with Crippen LogP contribution in [0.3, 0.4) is 0 Å². The third-order valence-corrected chi connectivity index (χ3v) is 6.66. The first kappa shape index (κ1) is 23.6. The molecule has 0 fully saturated rings. The van der Waals surface area contributed by atoms with E-state index in [9.17, 15) is 9.59 Å². The maximum atomic E-state index is 12.6. The minimum absolute atomic E-state index is 0.0984. The molecule has 0 aliphatic carbocycles. The highest BCUT2D eigenvalue weighted by atomic mass is 32.2. The maximum Gasteiger partial charge on any atom is 0.340 e. The molecule has 168 valence electrons. The Labute approximate surface area is 194 Å². The maximum absolute atomic E-state index is 12.6. The molecule has 3 aromatic rings. The minimum Gasteiger partial charge on any atom is -0.496 e. The van der Waals surface area contributed by atoms with Crippen molar-refractivity contribution in [3.63, 3.8) is 0 Å². The fourth-order valence-electron chi connectivity index (χ4n) is 2.98. The average molecular weight is 473 g/mol. The Morgan fingerprint density at radius 1 is 1.28 bits per heavy atom. The van der Waals surface area contributed by atoms with Gasteiger partial charge in [-0.25, -0.2) is 4.79 Å². The Hall–Kier alpha value is -3.11. The van der Waals surface area contributed by atoms with Gasteiger partial charge in [0.25, 0.3) is 0 Å². The molecule has 0 radical (unpaired) electrons. The Balaban J connectivity index is 1.77. The first-order valence-corrected chi connectivity index (χ1v) is 11.6. The Kier molecular flexibility index (Phi) is 8.07. The number of nitrogens with zero attached hydrogens (tertiary/aromatic N) is 3. The second-order valence-electron chi connectivity index (χ2n) is 6.54. The lowest BCUT2D eigenvalue weighted by Crippen LogP contribution is -2.16. The van der Waals surface area contributed by atoms with Crippen LogP contribution in [0, 0.1) is 0 Å². The van der Waals surface area contributed by atoms with Crippen molar-refractivity contribution in [3.8, 4) is 17.1 Å². The molecule has 8 nitrogen and oxygen atoms in total.